The van der Waals surface area contributed by atoms with E-state index in [0.717, 1.165) is 29.7 Å². The normalized spacial score (nSPS) is 13.7. The Hall–Kier alpha value is -2.04. The van der Waals surface area contributed by atoms with Crippen LogP contribution in [-0.4, -0.2) is 31.0 Å². The Bertz CT molecular complexity index is 490. The molecular formula is C15H20N2O3. The second-order valence-corrected chi connectivity index (χ2v) is 5.13. The van der Waals surface area contributed by atoms with Crippen LogP contribution in [0.25, 0.3) is 0 Å². The first-order valence-electron chi connectivity index (χ1n) is 6.81. The molecule has 0 aromatic heterocycles. The molecule has 5 nitrogen and oxygen atoms in total. The number of ether oxygens (including phenoxy) is 1. The van der Waals surface area contributed by atoms with Gasteiger partial charge in [0.25, 0.3) is 5.91 Å². The average molecular weight is 276 g/mol. The summed E-state index contributed by atoms with van der Waals surface area (Å²) < 4.78 is 5.51. The molecule has 2 amide bonds. The van der Waals surface area contributed by atoms with Gasteiger partial charge in [0.05, 0.1) is 6.54 Å². The van der Waals surface area contributed by atoms with Gasteiger partial charge >= 0.3 is 0 Å². The molecule has 0 spiro atoms. The van der Waals surface area contributed by atoms with Crippen molar-refractivity contribution in [3.05, 3.63) is 29.3 Å². The van der Waals surface area contributed by atoms with E-state index in [4.69, 9.17) is 4.74 Å². The molecular weight excluding hydrogens is 256 g/mol. The summed E-state index contributed by atoms with van der Waals surface area (Å²) in [6, 6.07) is 6.12. The summed E-state index contributed by atoms with van der Waals surface area (Å²) in [5.74, 6) is 0.289. The summed E-state index contributed by atoms with van der Waals surface area (Å²) in [7, 11) is 0. The van der Waals surface area contributed by atoms with Crippen LogP contribution in [0.5, 0.6) is 5.75 Å². The Morgan fingerprint density at radius 3 is 2.45 bits per heavy atom. The lowest BCUT2D eigenvalue weighted by Gasteiger charge is -2.11. The van der Waals surface area contributed by atoms with E-state index in [2.05, 4.69) is 10.6 Å². The molecule has 1 aromatic carbocycles. The number of aryl methyl sites for hydroxylation is 2. The van der Waals surface area contributed by atoms with Gasteiger partial charge < -0.3 is 15.4 Å². The number of carbonyl (C=O) groups is 2. The number of amides is 2. The molecule has 0 unspecified atom stereocenters. The minimum Gasteiger partial charge on any atom is -0.483 e. The van der Waals surface area contributed by atoms with Gasteiger partial charge in [0.1, 0.15) is 5.75 Å². The zero-order valence-corrected chi connectivity index (χ0v) is 11.9. The van der Waals surface area contributed by atoms with Gasteiger partial charge in [-0.1, -0.05) is 18.2 Å². The van der Waals surface area contributed by atoms with E-state index in [0.29, 0.717) is 6.04 Å². The average Bonchev–Trinajstić information content (AvgIpc) is 3.19. The Morgan fingerprint density at radius 1 is 1.20 bits per heavy atom. The van der Waals surface area contributed by atoms with E-state index < -0.39 is 0 Å². The first-order valence-corrected chi connectivity index (χ1v) is 6.81. The molecule has 0 radical (unpaired) electrons. The predicted octanol–water partition coefficient (Wildman–Crippen LogP) is 1.08. The van der Waals surface area contributed by atoms with Crippen molar-refractivity contribution in [2.24, 2.45) is 0 Å². The number of rotatable bonds is 6. The van der Waals surface area contributed by atoms with Gasteiger partial charge in [0.2, 0.25) is 5.91 Å². The van der Waals surface area contributed by atoms with Crippen molar-refractivity contribution in [3.63, 3.8) is 0 Å². The molecule has 108 valence electrons. The maximum atomic E-state index is 11.6. The standard InChI is InChI=1S/C15H20N2O3/c1-10-4-3-5-11(2)15(10)20-9-14(19)16-8-13(18)17-12-6-7-12/h3-5,12H,6-9H2,1-2H3,(H,16,19)(H,17,18). The van der Waals surface area contributed by atoms with Crippen molar-refractivity contribution in [1.29, 1.82) is 0 Å². The molecule has 2 N–H and O–H groups in total. The molecule has 0 heterocycles. The van der Waals surface area contributed by atoms with Crippen LogP contribution in [0.3, 0.4) is 0 Å². The fourth-order valence-electron chi connectivity index (χ4n) is 1.90. The monoisotopic (exact) mass is 276 g/mol. The van der Waals surface area contributed by atoms with Crippen molar-refractivity contribution >= 4 is 11.8 Å². The Kier molecular flexibility index (Phi) is 4.61. The summed E-state index contributed by atoms with van der Waals surface area (Å²) in [4.78, 5) is 23.0. The zero-order valence-electron chi connectivity index (χ0n) is 11.9. The van der Waals surface area contributed by atoms with Crippen molar-refractivity contribution in [2.75, 3.05) is 13.2 Å². The summed E-state index contributed by atoms with van der Waals surface area (Å²) in [5, 5.41) is 5.36. The summed E-state index contributed by atoms with van der Waals surface area (Å²) >= 11 is 0. The fraction of sp³-hybridized carbons (Fsp3) is 0.467. The Morgan fingerprint density at radius 2 is 1.85 bits per heavy atom. The van der Waals surface area contributed by atoms with Gasteiger partial charge in [-0.25, -0.2) is 0 Å². The van der Waals surface area contributed by atoms with Crippen LogP contribution in [0.4, 0.5) is 0 Å². The first kappa shape index (κ1) is 14.4. The molecule has 0 bridgehead atoms. The van der Waals surface area contributed by atoms with Gasteiger partial charge in [0.15, 0.2) is 6.61 Å². The van der Waals surface area contributed by atoms with Crippen molar-refractivity contribution in [3.8, 4) is 5.75 Å². The number of para-hydroxylation sites is 1. The molecule has 0 atom stereocenters. The summed E-state index contributed by atoms with van der Waals surface area (Å²) in [6.45, 7) is 3.79. The van der Waals surface area contributed by atoms with Crippen LogP contribution in [0.2, 0.25) is 0 Å². The van der Waals surface area contributed by atoms with Crippen LogP contribution in [0.1, 0.15) is 24.0 Å². The highest BCUT2D eigenvalue weighted by molar-refractivity contribution is 5.85. The third kappa shape index (κ3) is 4.26. The zero-order chi connectivity index (χ0) is 14.5. The van der Waals surface area contributed by atoms with E-state index in [1.165, 1.54) is 0 Å². The third-order valence-electron chi connectivity index (χ3n) is 3.14. The van der Waals surface area contributed by atoms with Gasteiger partial charge in [-0.2, -0.15) is 0 Å². The fourth-order valence-corrected chi connectivity index (χ4v) is 1.90. The molecule has 2 rings (SSSR count). The first-order chi connectivity index (χ1) is 9.56. The summed E-state index contributed by atoms with van der Waals surface area (Å²) in [5.41, 5.74) is 1.98. The Balaban J connectivity index is 1.73. The van der Waals surface area contributed by atoms with Crippen LogP contribution >= 0.6 is 0 Å². The minimum atomic E-state index is -0.293. The van der Waals surface area contributed by atoms with E-state index in [1.807, 2.05) is 32.0 Å². The van der Waals surface area contributed by atoms with Gasteiger partial charge in [0, 0.05) is 6.04 Å². The van der Waals surface area contributed by atoms with Gasteiger partial charge in [-0.15, -0.1) is 0 Å². The molecule has 1 fully saturated rings. The molecule has 0 saturated heterocycles. The molecule has 1 aliphatic carbocycles. The second-order valence-electron chi connectivity index (χ2n) is 5.13. The third-order valence-corrected chi connectivity index (χ3v) is 3.14. The number of benzene rings is 1. The lowest BCUT2D eigenvalue weighted by molar-refractivity contribution is -0.127. The largest absolute Gasteiger partial charge is 0.483 e. The highest BCUT2D eigenvalue weighted by Gasteiger charge is 2.23. The summed E-state index contributed by atoms with van der Waals surface area (Å²) in [6.07, 6.45) is 2.07. The van der Waals surface area contributed by atoms with Gasteiger partial charge in [-0.05, 0) is 37.8 Å². The van der Waals surface area contributed by atoms with Crippen molar-refractivity contribution < 1.29 is 14.3 Å². The number of nitrogens with one attached hydrogen (secondary N) is 2. The van der Waals surface area contributed by atoms with Crippen LogP contribution < -0.4 is 15.4 Å². The highest BCUT2D eigenvalue weighted by atomic mass is 16.5. The minimum absolute atomic E-state index is 0.00540. The van der Waals surface area contributed by atoms with E-state index in [-0.39, 0.29) is 25.0 Å². The highest BCUT2D eigenvalue weighted by Crippen LogP contribution is 2.22. The maximum absolute atomic E-state index is 11.6. The molecule has 1 saturated carbocycles. The number of hydrogen-bond acceptors (Lipinski definition) is 3. The van der Waals surface area contributed by atoms with Crippen LogP contribution in [0.15, 0.2) is 18.2 Å². The number of carbonyl (C=O) groups excluding carboxylic acids is 2. The SMILES string of the molecule is Cc1cccc(C)c1OCC(=O)NCC(=O)NC1CC1. The predicted molar refractivity (Wildman–Crippen MR) is 75.6 cm³/mol. The topological polar surface area (TPSA) is 67.4 Å². The van der Waals surface area contributed by atoms with E-state index in [1.54, 1.807) is 0 Å². The molecule has 1 aromatic rings. The molecule has 20 heavy (non-hydrogen) atoms. The Labute approximate surface area is 118 Å². The van der Waals surface area contributed by atoms with E-state index in [9.17, 15) is 9.59 Å². The van der Waals surface area contributed by atoms with Gasteiger partial charge in [-0.3, -0.25) is 9.59 Å². The molecule has 5 heteroatoms. The van der Waals surface area contributed by atoms with Crippen molar-refractivity contribution in [2.45, 2.75) is 32.7 Å². The lowest BCUT2D eigenvalue weighted by atomic mass is 10.1. The smallest absolute Gasteiger partial charge is 0.258 e. The number of hydrogen-bond donors (Lipinski definition) is 2. The quantitative estimate of drug-likeness (QED) is 0.817. The van der Waals surface area contributed by atoms with E-state index >= 15 is 0 Å². The maximum Gasteiger partial charge on any atom is 0.258 e. The lowest BCUT2D eigenvalue weighted by Crippen LogP contribution is -2.39. The van der Waals surface area contributed by atoms with Crippen molar-refractivity contribution in [1.82, 2.24) is 10.6 Å². The van der Waals surface area contributed by atoms with Crippen LogP contribution in [-0.2, 0) is 9.59 Å². The molecule has 0 aliphatic heterocycles. The second kappa shape index (κ2) is 6.41. The molecule has 1 aliphatic rings. The van der Waals surface area contributed by atoms with Crippen LogP contribution in [0, 0.1) is 13.8 Å².